The van der Waals surface area contributed by atoms with Crippen LogP contribution in [-0.4, -0.2) is 18.3 Å². The van der Waals surface area contributed by atoms with Gasteiger partial charge in [0, 0.05) is 0 Å². The van der Waals surface area contributed by atoms with Crippen LogP contribution in [0.25, 0.3) is 10.8 Å². The summed E-state index contributed by atoms with van der Waals surface area (Å²) in [7, 11) is -3.67. The molecule has 1 N–H and O–H groups in total. The van der Waals surface area contributed by atoms with Crippen molar-refractivity contribution in [3.05, 3.63) is 48.0 Å². The van der Waals surface area contributed by atoms with E-state index in [1.807, 2.05) is 36.4 Å². The van der Waals surface area contributed by atoms with E-state index in [0.29, 0.717) is 5.56 Å². The topological polar surface area (TPSA) is 55.8 Å². The van der Waals surface area contributed by atoms with E-state index < -0.39 is 12.9 Å². The van der Waals surface area contributed by atoms with Gasteiger partial charge in [-0.2, -0.15) is 0 Å². The molecule has 0 aliphatic carbocycles. The van der Waals surface area contributed by atoms with Crippen LogP contribution in [0.3, 0.4) is 0 Å². The standard InChI is InChI=1S/C16H21O4P/c1-4-19-21(18,20-5-2)16(3,17)15-11-10-13-8-6-7-9-14(13)12-15/h6-12,17H,4-5H2,1-3H3/t16-/m0/s1. The van der Waals surface area contributed by atoms with Gasteiger partial charge in [0.05, 0.1) is 13.2 Å². The molecule has 4 nitrogen and oxygen atoms in total. The fourth-order valence-electron chi connectivity index (χ4n) is 2.27. The summed E-state index contributed by atoms with van der Waals surface area (Å²) in [6.07, 6.45) is 0. The van der Waals surface area contributed by atoms with Crippen LogP contribution in [0.4, 0.5) is 0 Å². The molecule has 2 rings (SSSR count). The highest BCUT2D eigenvalue weighted by Gasteiger charge is 2.47. The van der Waals surface area contributed by atoms with Crippen molar-refractivity contribution >= 4 is 18.4 Å². The molecule has 0 heterocycles. The maximum atomic E-state index is 12.9. The van der Waals surface area contributed by atoms with E-state index in [0.717, 1.165) is 10.8 Å². The Kier molecular flexibility index (Phi) is 4.84. The van der Waals surface area contributed by atoms with Crippen molar-refractivity contribution in [3.8, 4) is 0 Å². The molecule has 0 bridgehead atoms. The zero-order valence-electron chi connectivity index (χ0n) is 12.6. The Bertz CT molecular complexity index is 656. The van der Waals surface area contributed by atoms with Gasteiger partial charge in [0.2, 0.25) is 0 Å². The second-order valence-corrected chi connectivity index (χ2v) is 7.30. The van der Waals surface area contributed by atoms with Gasteiger partial charge in [-0.1, -0.05) is 36.4 Å². The third-order valence-corrected chi connectivity index (χ3v) is 5.95. The fraction of sp³-hybridized carbons (Fsp3) is 0.375. The Morgan fingerprint density at radius 3 is 2.19 bits per heavy atom. The van der Waals surface area contributed by atoms with Crippen LogP contribution in [0.2, 0.25) is 0 Å². The Labute approximate surface area is 125 Å². The van der Waals surface area contributed by atoms with E-state index in [2.05, 4.69) is 0 Å². The van der Waals surface area contributed by atoms with Crippen molar-refractivity contribution < 1.29 is 18.7 Å². The zero-order valence-corrected chi connectivity index (χ0v) is 13.5. The summed E-state index contributed by atoms with van der Waals surface area (Å²) in [5, 5.41) is 11.1. The van der Waals surface area contributed by atoms with Crippen LogP contribution in [0.1, 0.15) is 26.3 Å². The first-order chi connectivity index (χ1) is 9.94. The molecule has 0 aliphatic heterocycles. The van der Waals surface area contributed by atoms with Crippen molar-refractivity contribution in [2.75, 3.05) is 13.2 Å². The van der Waals surface area contributed by atoms with E-state index >= 15 is 0 Å². The largest absolute Gasteiger partial charge is 0.373 e. The normalized spacial score (nSPS) is 15.0. The number of fused-ring (bicyclic) bond motifs is 1. The molecule has 0 fully saturated rings. The average molecular weight is 308 g/mol. The molecule has 0 aromatic heterocycles. The fourth-order valence-corrected chi connectivity index (χ4v) is 3.98. The Morgan fingerprint density at radius 1 is 1.05 bits per heavy atom. The summed E-state index contributed by atoms with van der Waals surface area (Å²) in [6, 6.07) is 13.3. The molecule has 0 unspecified atom stereocenters. The van der Waals surface area contributed by atoms with Gasteiger partial charge in [-0.05, 0) is 43.2 Å². The summed E-state index contributed by atoms with van der Waals surface area (Å²) in [5.41, 5.74) is 0.520. The molecule has 114 valence electrons. The molecule has 21 heavy (non-hydrogen) atoms. The highest BCUT2D eigenvalue weighted by Crippen LogP contribution is 2.63. The minimum Gasteiger partial charge on any atom is -0.373 e. The lowest BCUT2D eigenvalue weighted by molar-refractivity contribution is 0.0803. The minimum atomic E-state index is -3.67. The summed E-state index contributed by atoms with van der Waals surface area (Å²) in [6.45, 7) is 5.34. The van der Waals surface area contributed by atoms with Crippen LogP contribution in [-0.2, 0) is 19.0 Å². The molecule has 0 amide bonds. The SMILES string of the molecule is CCOP(=O)(OCC)[C@](C)(O)c1ccc2ccccc2c1. The second-order valence-electron chi connectivity index (χ2n) is 4.92. The summed E-state index contributed by atoms with van der Waals surface area (Å²) < 4.78 is 23.4. The summed E-state index contributed by atoms with van der Waals surface area (Å²) in [5.74, 6) is 0. The van der Waals surface area contributed by atoms with Crippen LogP contribution >= 0.6 is 7.60 Å². The van der Waals surface area contributed by atoms with Crippen LogP contribution in [0.5, 0.6) is 0 Å². The van der Waals surface area contributed by atoms with Crippen molar-refractivity contribution in [3.63, 3.8) is 0 Å². The molecule has 5 heteroatoms. The maximum Gasteiger partial charge on any atom is 0.366 e. The predicted octanol–water partition coefficient (Wildman–Crippen LogP) is 4.27. The number of aliphatic hydroxyl groups is 1. The van der Waals surface area contributed by atoms with Crippen molar-refractivity contribution in [1.29, 1.82) is 0 Å². The first-order valence-corrected chi connectivity index (χ1v) is 8.59. The first kappa shape index (κ1) is 16.2. The molecule has 0 saturated heterocycles. The quantitative estimate of drug-likeness (QED) is 0.810. The molecule has 0 aliphatic rings. The molecule has 1 atom stereocenters. The van der Waals surface area contributed by atoms with Crippen molar-refractivity contribution in [2.24, 2.45) is 0 Å². The Hall–Kier alpha value is -1.19. The number of rotatable bonds is 6. The van der Waals surface area contributed by atoms with E-state index in [9.17, 15) is 9.67 Å². The van der Waals surface area contributed by atoms with E-state index in [-0.39, 0.29) is 13.2 Å². The number of hydrogen-bond acceptors (Lipinski definition) is 4. The van der Waals surface area contributed by atoms with E-state index in [4.69, 9.17) is 9.05 Å². The van der Waals surface area contributed by atoms with Crippen molar-refractivity contribution in [2.45, 2.75) is 26.1 Å². The Balaban J connectivity index is 2.50. The van der Waals surface area contributed by atoms with Gasteiger partial charge in [-0.15, -0.1) is 0 Å². The molecule has 0 radical (unpaired) electrons. The third kappa shape index (κ3) is 3.04. The van der Waals surface area contributed by atoms with Crippen molar-refractivity contribution in [1.82, 2.24) is 0 Å². The first-order valence-electron chi connectivity index (χ1n) is 7.05. The van der Waals surface area contributed by atoms with Gasteiger partial charge < -0.3 is 14.2 Å². The number of hydrogen-bond donors (Lipinski definition) is 1. The molecule has 2 aromatic carbocycles. The van der Waals surface area contributed by atoms with Gasteiger partial charge >= 0.3 is 7.60 Å². The average Bonchev–Trinajstić information content (AvgIpc) is 2.47. The Morgan fingerprint density at radius 2 is 1.62 bits per heavy atom. The van der Waals surface area contributed by atoms with Gasteiger partial charge in [0.15, 0.2) is 5.34 Å². The van der Waals surface area contributed by atoms with Crippen LogP contribution in [0, 0.1) is 0 Å². The predicted molar refractivity (Wildman–Crippen MR) is 84.4 cm³/mol. The van der Waals surface area contributed by atoms with Crippen LogP contribution in [0.15, 0.2) is 42.5 Å². The highest BCUT2D eigenvalue weighted by molar-refractivity contribution is 7.54. The second kappa shape index (κ2) is 6.29. The lowest BCUT2D eigenvalue weighted by Gasteiger charge is -2.31. The summed E-state index contributed by atoms with van der Waals surface area (Å²) in [4.78, 5) is 0. The van der Waals surface area contributed by atoms with Gasteiger partial charge in [-0.25, -0.2) is 0 Å². The molecule has 2 aromatic rings. The van der Waals surface area contributed by atoms with E-state index in [1.165, 1.54) is 6.92 Å². The third-order valence-electron chi connectivity index (χ3n) is 3.43. The molecular weight excluding hydrogens is 287 g/mol. The lowest BCUT2D eigenvalue weighted by Crippen LogP contribution is -2.24. The smallest absolute Gasteiger partial charge is 0.366 e. The van der Waals surface area contributed by atoms with Gasteiger partial charge in [0.25, 0.3) is 0 Å². The minimum absolute atomic E-state index is 0.209. The van der Waals surface area contributed by atoms with Gasteiger partial charge in [-0.3, -0.25) is 4.57 Å². The zero-order chi connectivity index (χ0) is 15.5. The van der Waals surface area contributed by atoms with Gasteiger partial charge in [0.1, 0.15) is 0 Å². The van der Waals surface area contributed by atoms with Crippen LogP contribution < -0.4 is 0 Å². The summed E-state index contributed by atoms with van der Waals surface area (Å²) >= 11 is 0. The maximum absolute atomic E-state index is 12.9. The lowest BCUT2D eigenvalue weighted by atomic mass is 10.0. The molecule has 0 saturated carbocycles. The number of benzene rings is 2. The molecule has 0 spiro atoms. The highest BCUT2D eigenvalue weighted by atomic mass is 31.2. The monoisotopic (exact) mass is 308 g/mol. The molecular formula is C16H21O4P. The van der Waals surface area contributed by atoms with E-state index in [1.54, 1.807) is 19.9 Å².